The average molecular weight is 333 g/mol. The van der Waals surface area contributed by atoms with E-state index in [1.54, 1.807) is 6.07 Å². The third-order valence-electron chi connectivity index (χ3n) is 1.22. The number of rotatable bonds is 3. The highest BCUT2D eigenvalue weighted by Crippen LogP contribution is 2.27. The van der Waals surface area contributed by atoms with Crippen molar-refractivity contribution in [2.75, 3.05) is 0 Å². The summed E-state index contributed by atoms with van der Waals surface area (Å²) >= 11 is 0.677. The Morgan fingerprint density at radius 3 is 2.62 bits per heavy atom. The highest BCUT2D eigenvalue weighted by atomic mass is 127. The van der Waals surface area contributed by atoms with Crippen LogP contribution in [0.4, 0.5) is 0 Å². The second-order valence-corrected chi connectivity index (χ2v) is 6.06. The predicted octanol–water partition coefficient (Wildman–Crippen LogP) is 1.85. The molecular weight excluding hydrogens is 329 g/mol. The zero-order valence-electron chi connectivity index (χ0n) is 6.05. The summed E-state index contributed by atoms with van der Waals surface area (Å²) in [6.45, 7) is 0. The van der Waals surface area contributed by atoms with Crippen molar-refractivity contribution >= 4 is 45.0 Å². The highest BCUT2D eigenvalue weighted by molar-refractivity contribution is 14.1. The van der Waals surface area contributed by atoms with E-state index in [1.165, 1.54) is 6.07 Å². The minimum atomic E-state index is -2.46. The van der Waals surface area contributed by atoms with Gasteiger partial charge in [-0.05, 0) is 34.7 Å². The Hall–Kier alpha value is -0.0600. The van der Waals surface area contributed by atoms with E-state index in [0.29, 0.717) is 4.88 Å². The molecule has 72 valence electrons. The Bertz CT molecular complexity index is 338. The van der Waals surface area contributed by atoms with Gasteiger partial charge in [-0.1, -0.05) is 0 Å². The van der Waals surface area contributed by atoms with Crippen molar-refractivity contribution in [3.05, 3.63) is 30.0 Å². The zero-order chi connectivity index (χ0) is 10.0. The number of nitrogens with zero attached hydrogens (tertiary/aromatic N) is 1. The fourth-order valence-electron chi connectivity index (χ4n) is 0.738. The van der Waals surface area contributed by atoms with Crippen LogP contribution >= 0.6 is 33.9 Å². The number of nitro groups is 1. The molecule has 1 aromatic heterocycles. The molecule has 0 amide bonds. The summed E-state index contributed by atoms with van der Waals surface area (Å²) in [6.07, 6.45) is 0. The van der Waals surface area contributed by atoms with Gasteiger partial charge < -0.3 is 4.55 Å². The Kier molecular flexibility index (Phi) is 3.76. The fourth-order valence-corrected chi connectivity index (χ4v) is 3.18. The summed E-state index contributed by atoms with van der Waals surface area (Å²) in [4.78, 5) is 9.96. The Balaban J connectivity index is 3.02. The lowest BCUT2D eigenvalue weighted by Gasteiger charge is -2.00. The fraction of sp³-hybridized carbons (Fsp3) is 0.200. The maximum atomic E-state index is 10.6. The summed E-state index contributed by atoms with van der Waals surface area (Å²) in [7, 11) is 0. The largest absolute Gasteiger partial charge is 0.344 e. The van der Waals surface area contributed by atoms with E-state index in [2.05, 4.69) is 0 Å². The van der Waals surface area contributed by atoms with Gasteiger partial charge in [-0.25, -0.2) is 4.21 Å². The van der Waals surface area contributed by atoms with E-state index in [9.17, 15) is 14.3 Å². The van der Waals surface area contributed by atoms with Crippen molar-refractivity contribution in [1.82, 2.24) is 0 Å². The summed E-state index contributed by atoms with van der Waals surface area (Å²) in [5.74, 6) is 0. The molecule has 5 nitrogen and oxygen atoms in total. The molecule has 0 radical (unpaired) electrons. The number of hydrogen-bond donors (Lipinski definition) is 1. The van der Waals surface area contributed by atoms with Gasteiger partial charge in [0.2, 0.25) is 11.1 Å². The van der Waals surface area contributed by atoms with Gasteiger partial charge in [-0.3, -0.25) is 10.1 Å². The van der Waals surface area contributed by atoms with Crippen LogP contribution < -0.4 is 0 Å². The van der Waals surface area contributed by atoms with Crippen LogP contribution in [0.5, 0.6) is 0 Å². The molecule has 0 aromatic carbocycles. The van der Waals surface area contributed by atoms with Crippen molar-refractivity contribution < 1.29 is 13.7 Å². The smallest absolute Gasteiger partial charge is 0.301 e. The van der Waals surface area contributed by atoms with Crippen LogP contribution in [0, 0.1) is 13.0 Å². The maximum absolute atomic E-state index is 10.6. The first-order valence-electron chi connectivity index (χ1n) is 3.00. The van der Waals surface area contributed by atoms with Crippen molar-refractivity contribution in [3.8, 4) is 0 Å². The van der Waals surface area contributed by atoms with Gasteiger partial charge in [0.15, 0.2) is 0 Å². The van der Waals surface area contributed by atoms with Gasteiger partial charge in [-0.2, -0.15) is 0 Å². The average Bonchev–Trinajstić information content (AvgIpc) is 2.34. The van der Waals surface area contributed by atoms with Crippen molar-refractivity contribution in [2.45, 2.75) is 5.37 Å². The molecule has 0 aliphatic carbocycles. The van der Waals surface area contributed by atoms with E-state index < -0.39 is 21.4 Å². The number of halogens is 1. The van der Waals surface area contributed by atoms with E-state index in [1.807, 2.05) is 22.6 Å². The van der Waals surface area contributed by atoms with Crippen LogP contribution in [0.2, 0.25) is 0 Å². The highest BCUT2D eigenvalue weighted by Gasteiger charge is 2.30. The first-order valence-corrected chi connectivity index (χ1v) is 6.07. The normalized spacial score (nSPS) is 15.2. The molecule has 1 aromatic rings. The van der Waals surface area contributed by atoms with Crippen molar-refractivity contribution in [1.29, 1.82) is 0 Å². The molecule has 0 bridgehead atoms. The summed E-state index contributed by atoms with van der Waals surface area (Å²) < 4.78 is 20.2. The lowest BCUT2D eigenvalue weighted by Crippen LogP contribution is -2.14. The molecule has 0 spiro atoms. The second-order valence-electron chi connectivity index (χ2n) is 2.06. The summed E-state index contributed by atoms with van der Waals surface area (Å²) in [6, 6.07) is 3.16. The number of thiophene rings is 1. The van der Waals surface area contributed by atoms with Crippen LogP contribution in [0.15, 0.2) is 12.1 Å². The van der Waals surface area contributed by atoms with E-state index in [0.717, 1.165) is 14.2 Å². The Morgan fingerprint density at radius 2 is 2.31 bits per heavy atom. The van der Waals surface area contributed by atoms with E-state index in [4.69, 9.17) is 4.55 Å². The Morgan fingerprint density at radius 1 is 1.69 bits per heavy atom. The molecule has 1 N–H and O–H groups in total. The SMILES string of the molecule is O=[N+]([O-])C(c1ccc(I)s1)S(=O)O. The molecule has 8 heteroatoms. The van der Waals surface area contributed by atoms with Gasteiger partial charge in [0, 0.05) is 4.92 Å². The zero-order valence-corrected chi connectivity index (χ0v) is 9.84. The quantitative estimate of drug-likeness (QED) is 0.396. The van der Waals surface area contributed by atoms with Crippen LogP contribution in [0.3, 0.4) is 0 Å². The third-order valence-corrected chi connectivity index (χ3v) is 4.12. The van der Waals surface area contributed by atoms with Gasteiger partial charge >= 0.3 is 5.37 Å². The minimum absolute atomic E-state index is 0.301. The van der Waals surface area contributed by atoms with Gasteiger partial charge in [0.1, 0.15) is 0 Å². The van der Waals surface area contributed by atoms with Crippen LogP contribution in [0.1, 0.15) is 10.3 Å². The van der Waals surface area contributed by atoms with Crippen LogP contribution in [-0.4, -0.2) is 13.7 Å². The lowest BCUT2D eigenvalue weighted by atomic mass is 10.5. The van der Waals surface area contributed by atoms with E-state index in [-0.39, 0.29) is 0 Å². The molecule has 0 saturated carbocycles. The summed E-state index contributed by atoms with van der Waals surface area (Å²) in [5.41, 5.74) is 0. The molecule has 0 aliphatic rings. The molecule has 0 aliphatic heterocycles. The first kappa shape index (κ1) is 11.0. The Labute approximate surface area is 93.7 Å². The molecule has 0 fully saturated rings. The topological polar surface area (TPSA) is 80.4 Å². The number of hydrogen-bond acceptors (Lipinski definition) is 4. The van der Waals surface area contributed by atoms with Gasteiger partial charge in [0.25, 0.3) is 0 Å². The standard InChI is InChI=1S/C5H4INO4S2/c6-4-2-1-3(12-4)5(7(8)9)13(10)11/h1-2,5H,(H,10,11). The third kappa shape index (κ3) is 2.69. The van der Waals surface area contributed by atoms with Crippen LogP contribution in [-0.2, 0) is 11.1 Å². The second kappa shape index (κ2) is 4.44. The van der Waals surface area contributed by atoms with Gasteiger partial charge in [-0.15, -0.1) is 11.3 Å². The lowest BCUT2D eigenvalue weighted by molar-refractivity contribution is -0.502. The maximum Gasteiger partial charge on any atom is 0.344 e. The molecule has 13 heavy (non-hydrogen) atoms. The van der Waals surface area contributed by atoms with E-state index >= 15 is 0 Å². The van der Waals surface area contributed by atoms with Crippen molar-refractivity contribution in [3.63, 3.8) is 0 Å². The molecular formula is C5H4INO4S2. The van der Waals surface area contributed by atoms with Crippen LogP contribution in [0.25, 0.3) is 0 Å². The minimum Gasteiger partial charge on any atom is -0.301 e. The molecule has 0 saturated heterocycles. The monoisotopic (exact) mass is 333 g/mol. The molecule has 2 atom stereocenters. The molecule has 1 heterocycles. The van der Waals surface area contributed by atoms with Crippen molar-refractivity contribution in [2.24, 2.45) is 0 Å². The van der Waals surface area contributed by atoms with Gasteiger partial charge in [0.05, 0.1) is 7.76 Å². The molecule has 2 unspecified atom stereocenters. The first-order chi connectivity index (χ1) is 6.02. The molecule has 1 rings (SSSR count). The summed E-state index contributed by atoms with van der Waals surface area (Å²) in [5, 5.41) is 8.89. The predicted molar refractivity (Wildman–Crippen MR) is 57.5 cm³/mol.